The van der Waals surface area contributed by atoms with Crippen molar-refractivity contribution in [3.8, 4) is 18.2 Å². The van der Waals surface area contributed by atoms with E-state index < -0.39 is 10.0 Å². The number of aliphatic hydroxyl groups is 1. The Morgan fingerprint density at radius 1 is 1.41 bits per heavy atom. The van der Waals surface area contributed by atoms with Gasteiger partial charge < -0.3 is 9.84 Å². The fourth-order valence-electron chi connectivity index (χ4n) is 2.50. The maximum Gasteiger partial charge on any atom is 0.238 e. The number of hydrogen-bond donors (Lipinski definition) is 2. The number of terminal acetylenes is 1. The fraction of sp³-hybridized carbons (Fsp3) is 0.263. The molecule has 1 heterocycles. The molecule has 8 heteroatoms. The van der Waals surface area contributed by atoms with Crippen LogP contribution in [0.4, 0.5) is 5.69 Å². The van der Waals surface area contributed by atoms with E-state index >= 15 is 0 Å². The van der Waals surface area contributed by atoms with Crippen LogP contribution in [0.5, 0.6) is 5.88 Å². The van der Waals surface area contributed by atoms with Crippen LogP contribution in [0.2, 0.25) is 0 Å². The number of aliphatic hydroxyl groups excluding tert-OH is 1. The van der Waals surface area contributed by atoms with Gasteiger partial charge >= 0.3 is 0 Å². The van der Waals surface area contributed by atoms with Gasteiger partial charge in [-0.05, 0) is 37.6 Å². The number of hydrogen-bond acceptors (Lipinski definition) is 6. The van der Waals surface area contributed by atoms with E-state index in [4.69, 9.17) is 11.2 Å². The topological polar surface area (TPSA) is 101 Å². The number of aromatic nitrogens is 1. The van der Waals surface area contributed by atoms with Crippen molar-refractivity contribution in [3.05, 3.63) is 46.9 Å². The summed E-state index contributed by atoms with van der Waals surface area (Å²) < 4.78 is 30.7. The molecule has 0 aliphatic heterocycles. The number of aliphatic imine (C=N–C) groups is 1. The largest absolute Gasteiger partial charge is 0.506 e. The number of pyridine rings is 1. The quantitative estimate of drug-likeness (QED) is 0.757. The van der Waals surface area contributed by atoms with E-state index in [2.05, 4.69) is 20.6 Å². The highest BCUT2D eigenvalue weighted by molar-refractivity contribution is 7.92. The molecule has 0 unspecified atom stereocenters. The summed E-state index contributed by atoms with van der Waals surface area (Å²) in [5.74, 6) is 2.55. The van der Waals surface area contributed by atoms with Crippen molar-refractivity contribution in [1.29, 1.82) is 0 Å². The van der Waals surface area contributed by atoms with Gasteiger partial charge in [0.2, 0.25) is 15.9 Å². The second kappa shape index (κ2) is 8.10. The molecule has 2 N–H and O–H groups in total. The Morgan fingerprint density at radius 3 is 2.67 bits per heavy atom. The lowest BCUT2D eigenvalue weighted by molar-refractivity contribution is 0.400. The van der Waals surface area contributed by atoms with Gasteiger partial charge in [-0.2, -0.15) is 0 Å². The first-order chi connectivity index (χ1) is 12.7. The lowest BCUT2D eigenvalue weighted by atomic mass is 9.92. The van der Waals surface area contributed by atoms with Crippen LogP contribution in [0.3, 0.4) is 0 Å². The molecule has 2 rings (SSSR count). The molecular formula is C19H21N3O4S. The monoisotopic (exact) mass is 387 g/mol. The van der Waals surface area contributed by atoms with Gasteiger partial charge in [-0.3, -0.25) is 9.71 Å². The van der Waals surface area contributed by atoms with E-state index in [1.54, 1.807) is 6.07 Å². The van der Waals surface area contributed by atoms with Crippen molar-refractivity contribution < 1.29 is 18.3 Å². The molecule has 0 spiro atoms. The third-order valence-electron chi connectivity index (χ3n) is 3.63. The third-order valence-corrected chi connectivity index (χ3v) is 4.22. The molecule has 0 amide bonds. The van der Waals surface area contributed by atoms with Crippen molar-refractivity contribution in [2.75, 3.05) is 24.6 Å². The Hall–Kier alpha value is -3.05. The number of sulfonamides is 1. The average molecular weight is 387 g/mol. The first-order valence-electron chi connectivity index (χ1n) is 7.97. The summed E-state index contributed by atoms with van der Waals surface area (Å²) in [6, 6.07) is 1.59. The van der Waals surface area contributed by atoms with Gasteiger partial charge in [-0.15, -0.1) is 6.42 Å². The maximum absolute atomic E-state index is 11.6. The van der Waals surface area contributed by atoms with Crippen molar-refractivity contribution in [2.45, 2.75) is 13.8 Å². The van der Waals surface area contributed by atoms with E-state index in [0.29, 0.717) is 16.8 Å². The standard InChI is InChI=1S/C19H21N3O4S/c1-6-7-20-18-15(12(2)3)8-13(10-17(18)23)14-9-16(22-27(5,24)25)19(26-4)21-11-14/h1,8-11,22-23H,7H2,2-5H3. The van der Waals surface area contributed by atoms with Gasteiger partial charge in [-0.25, -0.2) is 13.4 Å². The van der Waals surface area contributed by atoms with Crippen molar-refractivity contribution >= 4 is 27.0 Å². The first kappa shape index (κ1) is 20.3. The molecule has 0 atom stereocenters. The minimum absolute atomic E-state index is 0.0209. The molecule has 1 aromatic heterocycles. The number of rotatable bonds is 5. The zero-order valence-electron chi connectivity index (χ0n) is 15.6. The molecule has 27 heavy (non-hydrogen) atoms. The molecule has 0 saturated heterocycles. The fourth-order valence-corrected chi connectivity index (χ4v) is 3.05. The minimum atomic E-state index is -3.51. The predicted molar refractivity (Wildman–Crippen MR) is 107 cm³/mol. The minimum Gasteiger partial charge on any atom is -0.506 e. The van der Waals surface area contributed by atoms with Crippen LogP contribution < -0.4 is 9.46 Å². The second-order valence-corrected chi connectivity index (χ2v) is 7.82. The van der Waals surface area contributed by atoms with Crippen LogP contribution in [0.25, 0.3) is 5.57 Å². The van der Waals surface area contributed by atoms with E-state index in [0.717, 1.165) is 17.4 Å². The first-order valence-corrected chi connectivity index (χ1v) is 9.86. The molecule has 1 aromatic rings. The van der Waals surface area contributed by atoms with Gasteiger partial charge in [0.05, 0.1) is 13.4 Å². The van der Waals surface area contributed by atoms with Crippen molar-refractivity contribution in [3.63, 3.8) is 0 Å². The number of nitrogens with zero attached hydrogens (tertiary/aromatic N) is 2. The molecule has 1 aliphatic rings. The highest BCUT2D eigenvalue weighted by atomic mass is 32.2. The lowest BCUT2D eigenvalue weighted by Crippen LogP contribution is -2.13. The number of allylic oxidation sites excluding steroid dienone is 5. The summed E-state index contributed by atoms with van der Waals surface area (Å²) in [5.41, 5.74) is 3.57. The Bertz CT molecular complexity index is 1020. The Balaban J connectivity index is 2.57. The Morgan fingerprint density at radius 2 is 2.11 bits per heavy atom. The molecule has 0 radical (unpaired) electrons. The zero-order chi connectivity index (χ0) is 20.2. The number of ether oxygens (including phenoxy) is 1. The Labute approximate surface area is 159 Å². The van der Waals surface area contributed by atoms with Crippen LogP contribution in [-0.2, 0) is 10.0 Å². The highest BCUT2D eigenvalue weighted by Crippen LogP contribution is 2.31. The summed E-state index contributed by atoms with van der Waals surface area (Å²) in [6.07, 6.45) is 11.2. The molecular weight excluding hydrogens is 366 g/mol. The van der Waals surface area contributed by atoms with Gasteiger partial charge in [0.1, 0.15) is 23.7 Å². The lowest BCUT2D eigenvalue weighted by Gasteiger charge is -2.18. The van der Waals surface area contributed by atoms with Gasteiger partial charge in [0.15, 0.2) is 0 Å². The third kappa shape index (κ3) is 4.99. The number of anilines is 1. The summed E-state index contributed by atoms with van der Waals surface area (Å²) in [6.45, 7) is 3.95. The Kier molecular flexibility index (Phi) is 6.08. The van der Waals surface area contributed by atoms with Crippen LogP contribution in [-0.4, -0.2) is 44.1 Å². The van der Waals surface area contributed by atoms with Crippen molar-refractivity contribution in [2.24, 2.45) is 4.99 Å². The zero-order valence-corrected chi connectivity index (χ0v) is 16.4. The summed E-state index contributed by atoms with van der Waals surface area (Å²) in [5, 5.41) is 10.4. The molecule has 0 aromatic carbocycles. The predicted octanol–water partition coefficient (Wildman–Crippen LogP) is 2.71. The second-order valence-electron chi connectivity index (χ2n) is 6.07. The molecule has 7 nitrogen and oxygen atoms in total. The SMILES string of the molecule is C#CCN=C1C(O)=CC(c2cnc(OC)c(NS(C)(=O)=O)c2)=CC1=C(C)C. The molecule has 0 bridgehead atoms. The van der Waals surface area contributed by atoms with Crippen LogP contribution in [0.15, 0.2) is 46.3 Å². The van der Waals surface area contributed by atoms with Gasteiger partial charge in [-0.1, -0.05) is 11.5 Å². The highest BCUT2D eigenvalue weighted by Gasteiger charge is 2.20. The van der Waals surface area contributed by atoms with Gasteiger partial charge in [0, 0.05) is 17.3 Å². The van der Waals surface area contributed by atoms with Crippen LogP contribution in [0.1, 0.15) is 19.4 Å². The van der Waals surface area contributed by atoms with E-state index in [-0.39, 0.29) is 23.9 Å². The summed E-state index contributed by atoms with van der Waals surface area (Å²) >= 11 is 0. The normalized spacial score (nSPS) is 15.7. The van der Waals surface area contributed by atoms with E-state index in [9.17, 15) is 13.5 Å². The van der Waals surface area contributed by atoms with Crippen LogP contribution in [0, 0.1) is 12.3 Å². The van der Waals surface area contributed by atoms with Crippen LogP contribution >= 0.6 is 0 Å². The molecule has 1 aliphatic carbocycles. The smallest absolute Gasteiger partial charge is 0.238 e. The number of methoxy groups -OCH3 is 1. The maximum atomic E-state index is 11.6. The van der Waals surface area contributed by atoms with Gasteiger partial charge in [0.25, 0.3) is 0 Å². The molecule has 142 valence electrons. The summed E-state index contributed by atoms with van der Waals surface area (Å²) in [7, 11) is -2.11. The number of nitrogens with one attached hydrogen (secondary N) is 1. The van der Waals surface area contributed by atoms with Crippen molar-refractivity contribution in [1.82, 2.24) is 4.98 Å². The molecule has 0 saturated carbocycles. The molecule has 0 fully saturated rings. The summed E-state index contributed by atoms with van der Waals surface area (Å²) in [4.78, 5) is 8.39. The van der Waals surface area contributed by atoms with E-state index in [1.165, 1.54) is 19.4 Å². The average Bonchev–Trinajstić information content (AvgIpc) is 2.58. The van der Waals surface area contributed by atoms with E-state index in [1.807, 2.05) is 19.9 Å².